The lowest BCUT2D eigenvalue weighted by molar-refractivity contribution is 0.103. The van der Waals surface area contributed by atoms with Gasteiger partial charge in [0, 0.05) is 13.2 Å². The maximum atomic E-state index is 6.05. The molecular weight excluding hydrogens is 303 g/mol. The molecule has 0 saturated carbocycles. The molecule has 0 aliphatic carbocycles. The summed E-state index contributed by atoms with van der Waals surface area (Å²) in [6.45, 7) is 6.32. The number of hydrogen-bond donors (Lipinski definition) is 1. The van der Waals surface area contributed by atoms with Crippen molar-refractivity contribution < 1.29 is 4.74 Å². The summed E-state index contributed by atoms with van der Waals surface area (Å²) >= 11 is 17.3. The number of benzene rings is 1. The van der Waals surface area contributed by atoms with Gasteiger partial charge in [-0.2, -0.15) is 0 Å². The van der Waals surface area contributed by atoms with E-state index in [0.29, 0.717) is 33.9 Å². The summed E-state index contributed by atoms with van der Waals surface area (Å²) in [5, 5.41) is 1.05. The molecule has 0 unspecified atom stereocenters. The van der Waals surface area contributed by atoms with Crippen molar-refractivity contribution in [2.45, 2.75) is 20.4 Å². The largest absolute Gasteiger partial charge is 0.379 e. The molecule has 1 aromatic carbocycles. The molecule has 0 radical (unpaired) electrons. The third-order valence-corrected chi connectivity index (χ3v) is 3.77. The number of H-pyrrole nitrogens is 1. The Kier molecular flexibility index (Phi) is 4.90. The third kappa shape index (κ3) is 3.51. The van der Waals surface area contributed by atoms with Crippen LogP contribution in [0.1, 0.15) is 13.8 Å². The van der Waals surface area contributed by atoms with E-state index in [9.17, 15) is 0 Å². The highest BCUT2D eigenvalue weighted by molar-refractivity contribution is 7.71. The van der Waals surface area contributed by atoms with Crippen molar-refractivity contribution >= 4 is 46.5 Å². The van der Waals surface area contributed by atoms with E-state index in [-0.39, 0.29) is 0 Å². The van der Waals surface area contributed by atoms with Crippen molar-refractivity contribution in [1.82, 2.24) is 9.55 Å². The number of nitrogens with one attached hydrogen (secondary N) is 1. The molecule has 0 aliphatic rings. The van der Waals surface area contributed by atoms with E-state index in [1.165, 1.54) is 0 Å². The zero-order valence-electron chi connectivity index (χ0n) is 10.9. The number of imidazole rings is 1. The van der Waals surface area contributed by atoms with Crippen LogP contribution in [0.15, 0.2) is 12.1 Å². The van der Waals surface area contributed by atoms with Crippen molar-refractivity contribution in [3.05, 3.63) is 26.9 Å². The second kappa shape index (κ2) is 6.27. The second-order valence-electron chi connectivity index (χ2n) is 4.83. The van der Waals surface area contributed by atoms with Crippen LogP contribution in [0.2, 0.25) is 10.0 Å². The van der Waals surface area contributed by atoms with E-state index in [1.54, 1.807) is 6.07 Å². The van der Waals surface area contributed by atoms with Gasteiger partial charge >= 0.3 is 0 Å². The summed E-state index contributed by atoms with van der Waals surface area (Å²) in [4.78, 5) is 3.12. The minimum atomic E-state index is 0.522. The van der Waals surface area contributed by atoms with Crippen LogP contribution in [0.25, 0.3) is 11.0 Å². The predicted octanol–water partition coefficient (Wildman–Crippen LogP) is 4.68. The van der Waals surface area contributed by atoms with Gasteiger partial charge in [0.05, 0.1) is 27.7 Å². The first-order valence-electron chi connectivity index (χ1n) is 6.14. The van der Waals surface area contributed by atoms with Crippen molar-refractivity contribution in [2.75, 3.05) is 13.2 Å². The standard InChI is InChI=1S/C13H16Cl2N2OS/c1-8(2)7-18-4-3-17-12-6-10(15)9(14)5-11(12)16-13(17)19/h5-6,8H,3-4,7H2,1-2H3,(H,16,19). The normalized spacial score (nSPS) is 11.6. The molecule has 0 atom stereocenters. The summed E-state index contributed by atoms with van der Waals surface area (Å²) in [5.41, 5.74) is 1.84. The molecule has 2 rings (SSSR count). The Labute approximate surface area is 127 Å². The molecule has 0 aliphatic heterocycles. The fourth-order valence-corrected chi connectivity index (χ4v) is 2.47. The van der Waals surface area contributed by atoms with Gasteiger partial charge in [0.25, 0.3) is 0 Å². The van der Waals surface area contributed by atoms with Crippen molar-refractivity contribution in [2.24, 2.45) is 5.92 Å². The van der Waals surface area contributed by atoms with Crippen LogP contribution in [0.3, 0.4) is 0 Å². The van der Waals surface area contributed by atoms with Crippen molar-refractivity contribution in [3.63, 3.8) is 0 Å². The molecule has 104 valence electrons. The number of aromatic nitrogens is 2. The van der Waals surface area contributed by atoms with Crippen LogP contribution in [-0.2, 0) is 11.3 Å². The molecule has 1 aromatic heterocycles. The van der Waals surface area contributed by atoms with E-state index in [0.717, 1.165) is 17.6 Å². The van der Waals surface area contributed by atoms with Gasteiger partial charge in [0.2, 0.25) is 0 Å². The zero-order valence-corrected chi connectivity index (χ0v) is 13.2. The first-order chi connectivity index (χ1) is 8.99. The number of aromatic amines is 1. The fourth-order valence-electron chi connectivity index (χ4n) is 1.85. The highest BCUT2D eigenvalue weighted by Gasteiger charge is 2.08. The Morgan fingerprint density at radius 1 is 1.32 bits per heavy atom. The monoisotopic (exact) mass is 318 g/mol. The second-order valence-corrected chi connectivity index (χ2v) is 6.04. The molecule has 0 spiro atoms. The van der Waals surface area contributed by atoms with Gasteiger partial charge in [0.1, 0.15) is 0 Å². The Morgan fingerprint density at radius 3 is 2.68 bits per heavy atom. The third-order valence-electron chi connectivity index (χ3n) is 2.73. The minimum Gasteiger partial charge on any atom is -0.379 e. The average molecular weight is 319 g/mol. The molecule has 3 nitrogen and oxygen atoms in total. The molecule has 0 fully saturated rings. The van der Waals surface area contributed by atoms with Gasteiger partial charge in [-0.05, 0) is 30.3 Å². The summed E-state index contributed by atoms with van der Waals surface area (Å²) in [5.74, 6) is 0.532. The number of ether oxygens (including phenoxy) is 1. The summed E-state index contributed by atoms with van der Waals surface area (Å²) < 4.78 is 8.22. The quantitative estimate of drug-likeness (QED) is 0.641. The van der Waals surface area contributed by atoms with E-state index in [4.69, 9.17) is 40.2 Å². The number of hydrogen-bond acceptors (Lipinski definition) is 2. The molecule has 0 saturated heterocycles. The average Bonchev–Trinajstić information content (AvgIpc) is 2.61. The topological polar surface area (TPSA) is 29.9 Å². The number of fused-ring (bicyclic) bond motifs is 1. The van der Waals surface area contributed by atoms with Gasteiger partial charge in [-0.15, -0.1) is 0 Å². The van der Waals surface area contributed by atoms with Gasteiger partial charge in [0.15, 0.2) is 4.77 Å². The summed E-state index contributed by atoms with van der Waals surface area (Å²) in [7, 11) is 0. The van der Waals surface area contributed by atoms with Crippen LogP contribution in [0.4, 0.5) is 0 Å². The molecule has 1 heterocycles. The lowest BCUT2D eigenvalue weighted by Gasteiger charge is -2.08. The number of rotatable bonds is 5. The van der Waals surface area contributed by atoms with Crippen LogP contribution < -0.4 is 0 Å². The smallest absolute Gasteiger partial charge is 0.178 e. The Morgan fingerprint density at radius 2 is 2.00 bits per heavy atom. The SMILES string of the molecule is CC(C)COCCn1c(=S)[nH]c2cc(Cl)c(Cl)cc21. The number of halogens is 2. The Bertz CT molecular complexity index is 633. The van der Waals surface area contributed by atoms with Crippen LogP contribution in [0, 0.1) is 10.7 Å². The van der Waals surface area contributed by atoms with Gasteiger partial charge < -0.3 is 14.3 Å². The Hall–Kier alpha value is -0.550. The highest BCUT2D eigenvalue weighted by Crippen LogP contribution is 2.27. The molecule has 19 heavy (non-hydrogen) atoms. The molecule has 6 heteroatoms. The minimum absolute atomic E-state index is 0.522. The van der Waals surface area contributed by atoms with E-state index < -0.39 is 0 Å². The van der Waals surface area contributed by atoms with Gasteiger partial charge in [-0.1, -0.05) is 37.0 Å². The van der Waals surface area contributed by atoms with Gasteiger partial charge in [-0.3, -0.25) is 0 Å². The van der Waals surface area contributed by atoms with E-state index in [1.807, 2.05) is 10.6 Å². The predicted molar refractivity (Wildman–Crippen MR) is 82.8 cm³/mol. The summed E-state index contributed by atoms with van der Waals surface area (Å²) in [6.07, 6.45) is 0. The lowest BCUT2D eigenvalue weighted by Crippen LogP contribution is -2.09. The van der Waals surface area contributed by atoms with E-state index >= 15 is 0 Å². The maximum absolute atomic E-state index is 6.05. The van der Waals surface area contributed by atoms with Crippen LogP contribution in [0.5, 0.6) is 0 Å². The molecule has 0 bridgehead atoms. The zero-order chi connectivity index (χ0) is 14.0. The highest BCUT2D eigenvalue weighted by atomic mass is 35.5. The molecule has 1 N–H and O–H groups in total. The first kappa shape index (κ1) is 14.9. The maximum Gasteiger partial charge on any atom is 0.178 e. The molecular formula is C13H16Cl2N2OS. The van der Waals surface area contributed by atoms with Crippen LogP contribution >= 0.6 is 35.4 Å². The van der Waals surface area contributed by atoms with Crippen molar-refractivity contribution in [3.8, 4) is 0 Å². The first-order valence-corrected chi connectivity index (χ1v) is 7.30. The van der Waals surface area contributed by atoms with E-state index in [2.05, 4.69) is 18.8 Å². The lowest BCUT2D eigenvalue weighted by atomic mass is 10.2. The van der Waals surface area contributed by atoms with Crippen molar-refractivity contribution in [1.29, 1.82) is 0 Å². The fraction of sp³-hybridized carbons (Fsp3) is 0.462. The molecule has 2 aromatic rings. The number of nitrogens with zero attached hydrogens (tertiary/aromatic N) is 1. The molecule has 0 amide bonds. The van der Waals surface area contributed by atoms with Crippen LogP contribution in [-0.4, -0.2) is 22.8 Å². The van der Waals surface area contributed by atoms with Gasteiger partial charge in [-0.25, -0.2) is 0 Å². The summed E-state index contributed by atoms with van der Waals surface area (Å²) in [6, 6.07) is 3.62. The Balaban J connectivity index is 2.20.